The number of nitrogens with one attached hydrogen (secondary N) is 2. The van der Waals surface area contributed by atoms with Gasteiger partial charge in [0.05, 0.1) is 18.3 Å². The van der Waals surface area contributed by atoms with Crippen molar-refractivity contribution in [2.24, 2.45) is 0 Å². The Labute approximate surface area is 92.7 Å². The molecule has 6 heteroatoms. The first-order chi connectivity index (χ1) is 7.58. The smallest absolute Gasteiger partial charge is 0.319 e. The van der Waals surface area contributed by atoms with Crippen LogP contribution in [0.15, 0.2) is 18.3 Å². The predicted octanol–water partition coefficient (Wildman–Crippen LogP) is 0.986. The highest BCUT2D eigenvalue weighted by molar-refractivity contribution is 5.89. The minimum absolute atomic E-state index is 0.0977. The summed E-state index contributed by atoms with van der Waals surface area (Å²) in [6.07, 6.45) is 1.44. The Morgan fingerprint density at radius 1 is 1.44 bits per heavy atom. The molecule has 1 heterocycles. The molecule has 6 nitrogen and oxygen atoms in total. The third kappa shape index (κ3) is 4.41. The highest BCUT2D eigenvalue weighted by atomic mass is 16.4. The number of anilines is 1. The Hall–Kier alpha value is -2.11. The van der Waals surface area contributed by atoms with Crippen molar-refractivity contribution in [3.63, 3.8) is 0 Å². The van der Waals surface area contributed by atoms with Crippen LogP contribution < -0.4 is 10.6 Å². The van der Waals surface area contributed by atoms with Crippen molar-refractivity contribution in [2.45, 2.75) is 13.3 Å². The number of urea groups is 1. The molecule has 0 aliphatic rings. The molecule has 0 aliphatic carbocycles. The molecule has 3 N–H and O–H groups in total. The summed E-state index contributed by atoms with van der Waals surface area (Å²) in [4.78, 5) is 25.4. The number of amides is 2. The average Bonchev–Trinajstić information content (AvgIpc) is 2.21. The van der Waals surface area contributed by atoms with E-state index in [1.807, 2.05) is 6.92 Å². The molecule has 0 spiro atoms. The zero-order chi connectivity index (χ0) is 12.0. The fourth-order valence-electron chi connectivity index (χ4n) is 1.00. The lowest BCUT2D eigenvalue weighted by Gasteiger charge is -2.06. The number of rotatable bonds is 4. The van der Waals surface area contributed by atoms with Crippen molar-refractivity contribution in [2.75, 3.05) is 11.9 Å². The molecular formula is C10H13N3O3. The summed E-state index contributed by atoms with van der Waals surface area (Å²) in [5, 5.41) is 13.3. The molecule has 0 saturated heterocycles. The maximum Gasteiger partial charge on any atom is 0.319 e. The second kappa shape index (κ2) is 5.69. The largest absolute Gasteiger partial charge is 0.481 e. The summed E-state index contributed by atoms with van der Waals surface area (Å²) >= 11 is 0. The van der Waals surface area contributed by atoms with Gasteiger partial charge < -0.3 is 15.7 Å². The number of aliphatic carboxylic acids is 1. The van der Waals surface area contributed by atoms with E-state index < -0.39 is 12.0 Å². The number of aromatic nitrogens is 1. The zero-order valence-electron chi connectivity index (χ0n) is 8.86. The molecule has 0 bridgehead atoms. The van der Waals surface area contributed by atoms with Gasteiger partial charge >= 0.3 is 12.0 Å². The Bertz CT molecular complexity index is 375. The number of carboxylic acid groups (broad SMARTS) is 1. The number of carbonyl (C=O) groups is 2. The van der Waals surface area contributed by atoms with Gasteiger partial charge in [-0.3, -0.25) is 9.78 Å². The monoisotopic (exact) mass is 223 g/mol. The summed E-state index contributed by atoms with van der Waals surface area (Å²) in [6, 6.07) is 3.05. The fourth-order valence-corrected chi connectivity index (χ4v) is 1.00. The molecule has 16 heavy (non-hydrogen) atoms. The van der Waals surface area contributed by atoms with E-state index in [2.05, 4.69) is 15.6 Å². The molecule has 0 radical (unpaired) electrons. The maximum absolute atomic E-state index is 11.2. The van der Waals surface area contributed by atoms with Crippen LogP contribution in [-0.4, -0.2) is 28.6 Å². The summed E-state index contributed by atoms with van der Waals surface area (Å²) in [6.45, 7) is 1.94. The van der Waals surface area contributed by atoms with E-state index in [1.54, 1.807) is 12.1 Å². The van der Waals surface area contributed by atoms with Crippen molar-refractivity contribution in [3.8, 4) is 0 Å². The molecule has 0 aliphatic heterocycles. The Morgan fingerprint density at radius 2 is 2.19 bits per heavy atom. The molecule has 2 amide bonds. The lowest BCUT2D eigenvalue weighted by Crippen LogP contribution is -2.30. The van der Waals surface area contributed by atoms with Gasteiger partial charge in [-0.15, -0.1) is 0 Å². The van der Waals surface area contributed by atoms with Crippen molar-refractivity contribution < 1.29 is 14.7 Å². The molecule has 1 aromatic rings. The molecule has 0 aromatic carbocycles. The SMILES string of the molecule is Cc1ccc(NC(=O)NCCC(=O)O)cn1. The molecule has 0 atom stereocenters. The van der Waals surface area contributed by atoms with Crippen LogP contribution >= 0.6 is 0 Å². The quantitative estimate of drug-likeness (QED) is 0.709. The number of nitrogens with zero attached hydrogens (tertiary/aromatic N) is 1. The van der Waals surface area contributed by atoms with E-state index >= 15 is 0 Å². The normalized spacial score (nSPS) is 9.56. The van der Waals surface area contributed by atoms with Gasteiger partial charge in [-0.05, 0) is 19.1 Å². The first-order valence-corrected chi connectivity index (χ1v) is 4.77. The van der Waals surface area contributed by atoms with Crippen LogP contribution in [0, 0.1) is 6.92 Å². The van der Waals surface area contributed by atoms with E-state index in [9.17, 15) is 9.59 Å². The Morgan fingerprint density at radius 3 is 2.75 bits per heavy atom. The molecule has 1 rings (SSSR count). The van der Waals surface area contributed by atoms with Crippen molar-refractivity contribution in [3.05, 3.63) is 24.0 Å². The molecule has 0 unspecified atom stereocenters. The van der Waals surface area contributed by atoms with Crippen LogP contribution in [0.5, 0.6) is 0 Å². The zero-order valence-corrected chi connectivity index (χ0v) is 8.86. The highest BCUT2D eigenvalue weighted by Crippen LogP contribution is 2.04. The lowest BCUT2D eigenvalue weighted by atomic mass is 10.3. The average molecular weight is 223 g/mol. The third-order valence-corrected chi connectivity index (χ3v) is 1.79. The van der Waals surface area contributed by atoms with Gasteiger partial charge in [-0.1, -0.05) is 0 Å². The Balaban J connectivity index is 2.34. The van der Waals surface area contributed by atoms with E-state index in [4.69, 9.17) is 5.11 Å². The second-order valence-electron chi connectivity index (χ2n) is 3.21. The van der Waals surface area contributed by atoms with E-state index in [0.717, 1.165) is 5.69 Å². The van der Waals surface area contributed by atoms with E-state index in [1.165, 1.54) is 6.20 Å². The number of carbonyl (C=O) groups excluding carboxylic acids is 1. The standard InChI is InChI=1S/C10H13N3O3/c1-7-2-3-8(6-12-7)13-10(16)11-5-4-9(14)15/h2-3,6H,4-5H2,1H3,(H,14,15)(H2,11,13,16). The van der Waals surface area contributed by atoms with E-state index in [0.29, 0.717) is 5.69 Å². The van der Waals surface area contributed by atoms with Crippen LogP contribution in [0.2, 0.25) is 0 Å². The molecule has 86 valence electrons. The van der Waals surface area contributed by atoms with Crippen LogP contribution in [-0.2, 0) is 4.79 Å². The van der Waals surface area contributed by atoms with Crippen LogP contribution in [0.4, 0.5) is 10.5 Å². The van der Waals surface area contributed by atoms with Crippen LogP contribution in [0.1, 0.15) is 12.1 Å². The van der Waals surface area contributed by atoms with Gasteiger partial charge in [0, 0.05) is 12.2 Å². The third-order valence-electron chi connectivity index (χ3n) is 1.79. The fraction of sp³-hybridized carbons (Fsp3) is 0.300. The summed E-state index contributed by atoms with van der Waals surface area (Å²) in [7, 11) is 0. The highest BCUT2D eigenvalue weighted by Gasteiger charge is 2.02. The summed E-state index contributed by atoms with van der Waals surface area (Å²) in [5.41, 5.74) is 1.43. The molecule has 1 aromatic heterocycles. The summed E-state index contributed by atoms with van der Waals surface area (Å²) in [5.74, 6) is -0.947. The number of aryl methyl sites for hydroxylation is 1. The first-order valence-electron chi connectivity index (χ1n) is 4.77. The number of pyridine rings is 1. The van der Waals surface area contributed by atoms with Gasteiger partial charge in [0.1, 0.15) is 0 Å². The Kier molecular flexibility index (Phi) is 4.26. The van der Waals surface area contributed by atoms with Crippen LogP contribution in [0.25, 0.3) is 0 Å². The summed E-state index contributed by atoms with van der Waals surface area (Å²) < 4.78 is 0. The minimum Gasteiger partial charge on any atom is -0.481 e. The van der Waals surface area contributed by atoms with Crippen molar-refractivity contribution in [1.29, 1.82) is 0 Å². The first kappa shape index (κ1) is 12.0. The number of carboxylic acids is 1. The topological polar surface area (TPSA) is 91.3 Å². The van der Waals surface area contributed by atoms with Gasteiger partial charge in [0.25, 0.3) is 0 Å². The number of hydrogen-bond acceptors (Lipinski definition) is 3. The van der Waals surface area contributed by atoms with Crippen molar-refractivity contribution >= 4 is 17.7 Å². The van der Waals surface area contributed by atoms with Gasteiger partial charge in [-0.2, -0.15) is 0 Å². The second-order valence-corrected chi connectivity index (χ2v) is 3.21. The lowest BCUT2D eigenvalue weighted by molar-refractivity contribution is -0.136. The van der Waals surface area contributed by atoms with Gasteiger partial charge in [0.2, 0.25) is 0 Å². The van der Waals surface area contributed by atoms with E-state index in [-0.39, 0.29) is 13.0 Å². The molecule has 0 fully saturated rings. The van der Waals surface area contributed by atoms with Crippen molar-refractivity contribution in [1.82, 2.24) is 10.3 Å². The molecule has 0 saturated carbocycles. The minimum atomic E-state index is -0.947. The number of hydrogen-bond donors (Lipinski definition) is 3. The van der Waals surface area contributed by atoms with Gasteiger partial charge in [-0.25, -0.2) is 4.79 Å². The maximum atomic E-state index is 11.2. The van der Waals surface area contributed by atoms with Gasteiger partial charge in [0.15, 0.2) is 0 Å². The molecular weight excluding hydrogens is 210 g/mol. The predicted molar refractivity (Wildman–Crippen MR) is 58.2 cm³/mol. The van der Waals surface area contributed by atoms with Crippen LogP contribution in [0.3, 0.4) is 0 Å².